The van der Waals surface area contributed by atoms with Gasteiger partial charge in [-0.3, -0.25) is 19.6 Å². The number of piperidine rings is 1. The molecule has 2 aliphatic rings. The zero-order valence-corrected chi connectivity index (χ0v) is 23.4. The summed E-state index contributed by atoms with van der Waals surface area (Å²) in [5, 5.41) is 3.37. The Balaban J connectivity index is 1.38. The Kier molecular flexibility index (Phi) is 7.74. The highest BCUT2D eigenvalue weighted by Gasteiger charge is 2.36. The first-order valence-electron chi connectivity index (χ1n) is 12.0. The molecule has 0 radical (unpaired) electrons. The van der Waals surface area contributed by atoms with E-state index in [9.17, 15) is 9.59 Å². The lowest BCUT2D eigenvalue weighted by Gasteiger charge is -2.37. The maximum Gasteiger partial charge on any atom is 0.227 e. The topological polar surface area (TPSA) is 75.2 Å². The van der Waals surface area contributed by atoms with Crippen molar-refractivity contribution in [2.45, 2.75) is 38.0 Å². The molecule has 0 saturated carbocycles. The van der Waals surface area contributed by atoms with E-state index in [1.807, 2.05) is 17.2 Å². The molecule has 1 aromatic carbocycles. The van der Waals surface area contributed by atoms with Gasteiger partial charge >= 0.3 is 0 Å². The normalized spacial score (nSPS) is 17.6. The summed E-state index contributed by atoms with van der Waals surface area (Å²) in [5.74, 6) is 0.549. The molecule has 2 aromatic heterocycles. The number of rotatable bonds is 5. The third-order valence-corrected chi connectivity index (χ3v) is 8.56. The zero-order chi connectivity index (χ0) is 25.2. The maximum atomic E-state index is 13.1. The lowest BCUT2D eigenvalue weighted by Crippen LogP contribution is -2.41. The Morgan fingerprint density at radius 2 is 1.92 bits per heavy atom. The van der Waals surface area contributed by atoms with Crippen molar-refractivity contribution in [3.63, 3.8) is 0 Å². The van der Waals surface area contributed by atoms with E-state index in [0.717, 1.165) is 50.9 Å². The fourth-order valence-electron chi connectivity index (χ4n) is 5.56. The molecule has 9 heteroatoms. The molecule has 0 bridgehead atoms. The minimum Gasteiger partial charge on any atom is -0.342 e. The lowest BCUT2D eigenvalue weighted by molar-refractivity contribution is -0.131. The Labute approximate surface area is 232 Å². The fraction of sp³-hybridized carbons (Fsp3) is 0.333. The van der Waals surface area contributed by atoms with E-state index in [2.05, 4.69) is 54.3 Å². The minimum atomic E-state index is 0.0604. The fourth-order valence-corrected chi connectivity index (χ4v) is 7.06. The zero-order valence-electron chi connectivity index (χ0n) is 19.5. The first-order chi connectivity index (χ1) is 17.4. The molecule has 1 N–H and O–H groups in total. The quantitative estimate of drug-likeness (QED) is 0.354. The second kappa shape index (κ2) is 11.0. The SMILES string of the molecule is O=CNc1cnccc1CC(=O)N1CCC([C@H]2c3ncc(Br)cc3CCc3cc(Cl)cc(Br)c32)CC1. The molecule has 0 spiro atoms. The predicted molar refractivity (Wildman–Crippen MR) is 147 cm³/mol. The van der Waals surface area contributed by atoms with Gasteiger partial charge in [0.05, 0.1) is 24.0 Å². The molecule has 36 heavy (non-hydrogen) atoms. The van der Waals surface area contributed by atoms with E-state index >= 15 is 0 Å². The Hall–Kier alpha value is -2.29. The summed E-state index contributed by atoms with van der Waals surface area (Å²) in [7, 11) is 0. The average Bonchev–Trinajstić information content (AvgIpc) is 3.02. The van der Waals surface area contributed by atoms with Crippen molar-refractivity contribution < 1.29 is 9.59 Å². The van der Waals surface area contributed by atoms with E-state index in [1.165, 1.54) is 16.7 Å². The van der Waals surface area contributed by atoms with Gasteiger partial charge in [-0.2, -0.15) is 0 Å². The van der Waals surface area contributed by atoms with Gasteiger partial charge in [-0.25, -0.2) is 0 Å². The Morgan fingerprint density at radius 1 is 1.14 bits per heavy atom. The van der Waals surface area contributed by atoms with Crippen LogP contribution in [-0.4, -0.2) is 40.3 Å². The summed E-state index contributed by atoms with van der Waals surface area (Å²) in [5.41, 5.74) is 6.28. The number of carbonyl (C=O) groups is 2. The molecule has 3 heterocycles. The number of anilines is 1. The number of hydrogen-bond acceptors (Lipinski definition) is 4. The molecule has 5 rings (SSSR count). The van der Waals surface area contributed by atoms with Gasteiger partial charge in [0.25, 0.3) is 0 Å². The second-order valence-corrected chi connectivity index (χ2v) is 11.5. The number of aromatic nitrogens is 2. The molecule has 186 valence electrons. The summed E-state index contributed by atoms with van der Waals surface area (Å²) in [6.07, 6.45) is 9.54. The van der Waals surface area contributed by atoms with Crippen LogP contribution in [0.2, 0.25) is 5.02 Å². The van der Waals surface area contributed by atoms with Crippen LogP contribution in [0, 0.1) is 5.92 Å². The molecule has 6 nitrogen and oxygen atoms in total. The number of carbonyl (C=O) groups excluding carboxylic acids is 2. The molecule has 0 unspecified atom stereocenters. The van der Waals surface area contributed by atoms with Crippen LogP contribution in [0.15, 0.2) is 51.8 Å². The second-order valence-electron chi connectivity index (χ2n) is 9.33. The van der Waals surface area contributed by atoms with Crippen molar-refractivity contribution >= 4 is 61.5 Å². The van der Waals surface area contributed by atoms with Gasteiger partial charge in [-0.05, 0) is 94.1 Å². The van der Waals surface area contributed by atoms with Gasteiger partial charge in [0.15, 0.2) is 0 Å². The van der Waals surface area contributed by atoms with Crippen molar-refractivity contribution in [1.29, 1.82) is 0 Å². The number of hydrogen-bond donors (Lipinski definition) is 1. The van der Waals surface area contributed by atoms with Gasteiger partial charge in [0, 0.05) is 45.4 Å². The molecule has 1 aliphatic heterocycles. The largest absolute Gasteiger partial charge is 0.342 e. The number of likely N-dealkylation sites (tertiary alicyclic amines) is 1. The first kappa shape index (κ1) is 25.4. The molecule has 1 aliphatic carbocycles. The van der Waals surface area contributed by atoms with Crippen molar-refractivity contribution in [2.75, 3.05) is 18.4 Å². The highest BCUT2D eigenvalue weighted by molar-refractivity contribution is 9.10. The highest BCUT2D eigenvalue weighted by atomic mass is 79.9. The van der Waals surface area contributed by atoms with E-state index in [1.54, 1.807) is 18.5 Å². The Morgan fingerprint density at radius 3 is 2.69 bits per heavy atom. The van der Waals surface area contributed by atoms with Crippen molar-refractivity contribution in [1.82, 2.24) is 14.9 Å². The van der Waals surface area contributed by atoms with Crippen LogP contribution in [0.1, 0.15) is 46.7 Å². The number of fused-ring (bicyclic) bond motifs is 2. The summed E-state index contributed by atoms with van der Waals surface area (Å²) < 4.78 is 2.02. The molecular formula is C27H25Br2ClN4O2. The summed E-state index contributed by atoms with van der Waals surface area (Å²) in [6, 6.07) is 8.04. The van der Waals surface area contributed by atoms with E-state index in [4.69, 9.17) is 16.6 Å². The third-order valence-electron chi connectivity index (χ3n) is 7.25. The number of nitrogens with one attached hydrogen (secondary N) is 1. The maximum absolute atomic E-state index is 13.1. The number of aryl methyl sites for hydroxylation is 2. The van der Waals surface area contributed by atoms with Crippen LogP contribution >= 0.6 is 43.5 Å². The van der Waals surface area contributed by atoms with Crippen LogP contribution in [0.25, 0.3) is 0 Å². The van der Waals surface area contributed by atoms with Crippen molar-refractivity contribution in [2.24, 2.45) is 5.92 Å². The van der Waals surface area contributed by atoms with Crippen molar-refractivity contribution in [3.8, 4) is 0 Å². The average molecular weight is 633 g/mol. The lowest BCUT2D eigenvalue weighted by atomic mass is 9.76. The number of nitrogens with zero attached hydrogens (tertiary/aromatic N) is 3. The van der Waals surface area contributed by atoms with Crippen LogP contribution in [-0.2, 0) is 28.9 Å². The number of benzene rings is 1. The van der Waals surface area contributed by atoms with E-state index in [-0.39, 0.29) is 18.2 Å². The first-order valence-corrected chi connectivity index (χ1v) is 13.9. The monoisotopic (exact) mass is 630 g/mol. The summed E-state index contributed by atoms with van der Waals surface area (Å²) in [4.78, 5) is 34.9. The van der Waals surface area contributed by atoms with Gasteiger partial charge < -0.3 is 10.2 Å². The van der Waals surface area contributed by atoms with Gasteiger partial charge in [-0.1, -0.05) is 27.5 Å². The molecule has 2 amide bonds. The summed E-state index contributed by atoms with van der Waals surface area (Å²) >= 11 is 13.8. The smallest absolute Gasteiger partial charge is 0.227 e. The molecule has 3 aromatic rings. The third kappa shape index (κ3) is 5.22. The summed E-state index contributed by atoms with van der Waals surface area (Å²) in [6.45, 7) is 1.38. The minimum absolute atomic E-state index is 0.0604. The number of amides is 2. The van der Waals surface area contributed by atoms with Crippen LogP contribution in [0.4, 0.5) is 5.69 Å². The standard InChI is InChI=1S/C27H25Br2ClN4O2/c28-20-9-19-2-1-18-10-21(30)12-22(29)25(18)26(27(19)32-13-20)16-4-7-34(8-5-16)24(36)11-17-3-6-31-14-23(17)33-15-35/h3,6,9-10,12-16,26H,1-2,4-5,7-8,11H2,(H,33,35)/t26-/m1/s1. The van der Waals surface area contributed by atoms with Gasteiger partial charge in [-0.15, -0.1) is 0 Å². The van der Waals surface area contributed by atoms with Crippen LogP contribution < -0.4 is 5.32 Å². The van der Waals surface area contributed by atoms with E-state index < -0.39 is 0 Å². The molecule has 1 saturated heterocycles. The molecule has 1 atom stereocenters. The molecule has 1 fully saturated rings. The van der Waals surface area contributed by atoms with Crippen LogP contribution in [0.3, 0.4) is 0 Å². The Bertz CT molecular complexity index is 1310. The van der Waals surface area contributed by atoms with E-state index in [0.29, 0.717) is 31.1 Å². The van der Waals surface area contributed by atoms with Crippen LogP contribution in [0.5, 0.6) is 0 Å². The van der Waals surface area contributed by atoms with Gasteiger partial charge in [0.2, 0.25) is 12.3 Å². The van der Waals surface area contributed by atoms with Gasteiger partial charge in [0.1, 0.15) is 0 Å². The number of halogens is 3. The number of pyridine rings is 2. The molecular weight excluding hydrogens is 608 g/mol. The predicted octanol–water partition coefficient (Wildman–Crippen LogP) is 5.94. The highest BCUT2D eigenvalue weighted by Crippen LogP contribution is 2.46. The van der Waals surface area contributed by atoms with Crippen molar-refractivity contribution in [3.05, 3.63) is 84.8 Å².